The summed E-state index contributed by atoms with van der Waals surface area (Å²) in [6.07, 6.45) is 0.621. The minimum Gasteiger partial charge on any atom is -0.488 e. The number of aromatic nitrogens is 2. The van der Waals surface area contributed by atoms with Crippen LogP contribution in [0, 0.1) is 0 Å². The van der Waals surface area contributed by atoms with E-state index in [4.69, 9.17) is 4.74 Å². The fraction of sp³-hybridized carbons (Fsp3) is 0.200. The number of halogens is 3. The van der Waals surface area contributed by atoms with E-state index in [0.29, 0.717) is 22.7 Å². The molecule has 0 radical (unpaired) electrons. The van der Waals surface area contributed by atoms with Gasteiger partial charge in [-0.25, -0.2) is 4.98 Å². The molecule has 0 atom stereocenters. The van der Waals surface area contributed by atoms with E-state index in [2.05, 4.69) is 10.1 Å². The SMILES string of the molecule is CN(C)N=C(c1ccccc1OCc1cccc(C(F)(F)F)c1)n1ccnc1. The lowest BCUT2D eigenvalue weighted by Crippen LogP contribution is -2.18. The van der Waals surface area contributed by atoms with Crippen LogP contribution in [0.4, 0.5) is 13.2 Å². The van der Waals surface area contributed by atoms with Crippen molar-refractivity contribution in [1.82, 2.24) is 14.6 Å². The molecule has 1 aromatic heterocycles. The quantitative estimate of drug-likeness (QED) is 0.373. The maximum Gasteiger partial charge on any atom is 0.416 e. The standard InChI is InChI=1S/C20H19F3N4O/c1-26(2)25-19(27-11-10-24-14-27)17-8-3-4-9-18(17)28-13-15-6-5-7-16(12-15)20(21,22)23/h3-12,14H,13H2,1-2H3. The largest absolute Gasteiger partial charge is 0.488 e. The van der Waals surface area contributed by atoms with Crippen LogP contribution >= 0.6 is 0 Å². The summed E-state index contributed by atoms with van der Waals surface area (Å²) in [4.78, 5) is 4.05. The number of hydrogen-bond donors (Lipinski definition) is 0. The second kappa shape index (κ2) is 8.16. The molecule has 0 bridgehead atoms. The predicted molar refractivity (Wildman–Crippen MR) is 100 cm³/mol. The number of hydrogen-bond acceptors (Lipinski definition) is 4. The number of alkyl halides is 3. The molecule has 28 heavy (non-hydrogen) atoms. The summed E-state index contributed by atoms with van der Waals surface area (Å²) in [7, 11) is 3.59. The first-order valence-corrected chi connectivity index (χ1v) is 8.47. The molecule has 146 valence electrons. The van der Waals surface area contributed by atoms with Crippen LogP contribution in [0.5, 0.6) is 5.75 Å². The Labute approximate surface area is 160 Å². The van der Waals surface area contributed by atoms with Crippen molar-refractivity contribution in [3.8, 4) is 5.75 Å². The molecule has 0 amide bonds. The third-order valence-electron chi connectivity index (χ3n) is 3.82. The Morgan fingerprint density at radius 2 is 1.93 bits per heavy atom. The molecule has 0 saturated heterocycles. The van der Waals surface area contributed by atoms with Crippen molar-refractivity contribution in [1.29, 1.82) is 0 Å². The lowest BCUT2D eigenvalue weighted by molar-refractivity contribution is -0.137. The van der Waals surface area contributed by atoms with Crippen molar-refractivity contribution in [2.45, 2.75) is 12.8 Å². The number of hydrazone groups is 1. The van der Waals surface area contributed by atoms with Gasteiger partial charge in [-0.1, -0.05) is 24.3 Å². The smallest absolute Gasteiger partial charge is 0.416 e. The van der Waals surface area contributed by atoms with E-state index in [9.17, 15) is 13.2 Å². The number of ether oxygens (including phenoxy) is 1. The lowest BCUT2D eigenvalue weighted by Gasteiger charge is -2.16. The van der Waals surface area contributed by atoms with Crippen LogP contribution in [0.15, 0.2) is 72.4 Å². The van der Waals surface area contributed by atoms with Gasteiger partial charge in [0, 0.05) is 26.5 Å². The predicted octanol–water partition coefficient (Wildman–Crippen LogP) is 4.25. The Kier molecular flexibility index (Phi) is 5.67. The first kappa shape index (κ1) is 19.5. The summed E-state index contributed by atoms with van der Waals surface area (Å²) in [5.41, 5.74) is 0.426. The molecular weight excluding hydrogens is 369 g/mol. The normalized spacial score (nSPS) is 12.1. The highest BCUT2D eigenvalue weighted by atomic mass is 19.4. The van der Waals surface area contributed by atoms with E-state index in [1.54, 1.807) is 60.6 Å². The Hall–Kier alpha value is -3.29. The Balaban J connectivity index is 1.89. The maximum atomic E-state index is 12.9. The van der Waals surface area contributed by atoms with Gasteiger partial charge in [0.2, 0.25) is 0 Å². The Morgan fingerprint density at radius 3 is 2.61 bits per heavy atom. The summed E-state index contributed by atoms with van der Waals surface area (Å²) in [5.74, 6) is 1.09. The van der Waals surface area contributed by atoms with Gasteiger partial charge in [0.15, 0.2) is 5.84 Å². The van der Waals surface area contributed by atoms with Crippen LogP contribution in [0.2, 0.25) is 0 Å². The summed E-state index contributed by atoms with van der Waals surface area (Å²) in [6.45, 7) is 0.000105. The molecule has 0 N–H and O–H groups in total. The Morgan fingerprint density at radius 1 is 1.14 bits per heavy atom. The highest BCUT2D eigenvalue weighted by Gasteiger charge is 2.30. The van der Waals surface area contributed by atoms with E-state index < -0.39 is 11.7 Å². The van der Waals surface area contributed by atoms with Gasteiger partial charge in [-0.05, 0) is 29.8 Å². The maximum absolute atomic E-state index is 12.9. The third-order valence-corrected chi connectivity index (χ3v) is 3.82. The number of nitrogens with zero attached hydrogens (tertiary/aromatic N) is 4. The fourth-order valence-electron chi connectivity index (χ4n) is 2.59. The molecule has 0 fully saturated rings. The minimum atomic E-state index is -4.39. The summed E-state index contributed by atoms with van der Waals surface area (Å²) in [6, 6.07) is 12.3. The average molecular weight is 388 g/mol. The highest BCUT2D eigenvalue weighted by Crippen LogP contribution is 2.30. The van der Waals surface area contributed by atoms with Gasteiger partial charge in [0.05, 0.1) is 11.1 Å². The van der Waals surface area contributed by atoms with Gasteiger partial charge in [-0.3, -0.25) is 4.57 Å². The van der Waals surface area contributed by atoms with Crippen LogP contribution in [0.3, 0.4) is 0 Å². The molecule has 3 aromatic rings. The summed E-state index contributed by atoms with van der Waals surface area (Å²) in [5, 5.41) is 6.15. The zero-order valence-electron chi connectivity index (χ0n) is 15.4. The van der Waals surface area contributed by atoms with Crippen molar-refractivity contribution in [3.05, 3.63) is 83.9 Å². The molecule has 8 heteroatoms. The van der Waals surface area contributed by atoms with Gasteiger partial charge in [-0.2, -0.15) is 18.3 Å². The van der Waals surface area contributed by atoms with Gasteiger partial charge in [-0.15, -0.1) is 0 Å². The monoisotopic (exact) mass is 388 g/mol. The zero-order valence-corrected chi connectivity index (χ0v) is 15.4. The molecule has 0 aliphatic heterocycles. The van der Waals surface area contributed by atoms with Gasteiger partial charge in [0.25, 0.3) is 0 Å². The molecule has 0 aliphatic rings. The number of benzene rings is 2. The van der Waals surface area contributed by atoms with E-state index in [1.165, 1.54) is 6.07 Å². The van der Waals surface area contributed by atoms with E-state index in [0.717, 1.165) is 12.1 Å². The van der Waals surface area contributed by atoms with Crippen molar-refractivity contribution in [2.24, 2.45) is 5.10 Å². The molecule has 1 heterocycles. The molecule has 0 aliphatic carbocycles. The average Bonchev–Trinajstić information content (AvgIpc) is 3.19. The lowest BCUT2D eigenvalue weighted by atomic mass is 10.1. The van der Waals surface area contributed by atoms with Gasteiger partial charge < -0.3 is 9.75 Å². The fourth-order valence-corrected chi connectivity index (χ4v) is 2.59. The van der Waals surface area contributed by atoms with Crippen molar-refractivity contribution in [3.63, 3.8) is 0 Å². The van der Waals surface area contributed by atoms with Crippen LogP contribution in [0.25, 0.3) is 0 Å². The molecule has 3 rings (SSSR count). The zero-order chi connectivity index (χ0) is 20.1. The number of para-hydroxylation sites is 1. The van der Waals surface area contributed by atoms with Gasteiger partial charge >= 0.3 is 6.18 Å². The Bertz CT molecular complexity index is 950. The molecule has 2 aromatic carbocycles. The molecule has 5 nitrogen and oxygen atoms in total. The molecule has 0 saturated carbocycles. The van der Waals surface area contributed by atoms with E-state index in [-0.39, 0.29) is 6.61 Å². The van der Waals surface area contributed by atoms with Gasteiger partial charge in [0.1, 0.15) is 18.7 Å². The van der Waals surface area contributed by atoms with Crippen molar-refractivity contribution in [2.75, 3.05) is 14.1 Å². The first-order chi connectivity index (χ1) is 13.3. The first-order valence-electron chi connectivity index (χ1n) is 8.47. The summed E-state index contributed by atoms with van der Waals surface area (Å²) >= 11 is 0. The number of rotatable bonds is 5. The van der Waals surface area contributed by atoms with Crippen LogP contribution < -0.4 is 4.74 Å². The second-order valence-electron chi connectivity index (χ2n) is 6.22. The van der Waals surface area contributed by atoms with Crippen LogP contribution in [-0.2, 0) is 12.8 Å². The van der Waals surface area contributed by atoms with Crippen molar-refractivity contribution < 1.29 is 17.9 Å². The van der Waals surface area contributed by atoms with Crippen LogP contribution in [0.1, 0.15) is 16.7 Å². The third kappa shape index (κ3) is 4.70. The molecule has 0 unspecified atom stereocenters. The number of imidazole rings is 1. The highest BCUT2D eigenvalue weighted by molar-refractivity contribution is 6.02. The van der Waals surface area contributed by atoms with E-state index >= 15 is 0 Å². The van der Waals surface area contributed by atoms with E-state index in [1.807, 2.05) is 12.1 Å². The minimum absolute atomic E-state index is 0.000105. The van der Waals surface area contributed by atoms with Crippen molar-refractivity contribution >= 4 is 5.84 Å². The summed E-state index contributed by atoms with van der Waals surface area (Å²) < 4.78 is 46.3. The molecule has 0 spiro atoms. The second-order valence-corrected chi connectivity index (χ2v) is 6.22. The molecular formula is C20H19F3N4O. The van der Waals surface area contributed by atoms with Crippen LogP contribution in [-0.4, -0.2) is 34.5 Å². The topological polar surface area (TPSA) is 42.6 Å².